The van der Waals surface area contributed by atoms with Gasteiger partial charge in [0.25, 0.3) is 0 Å². The molecule has 0 N–H and O–H groups in total. The molecule has 0 fully saturated rings. The van der Waals surface area contributed by atoms with Crippen LogP contribution >= 0.6 is 35.8 Å². The molecule has 0 spiro atoms. The SMILES string of the molecule is SCCCCCCc1c(Cl)cc(Cl)cc1-c1ccccc1. The van der Waals surface area contributed by atoms with Crippen LogP contribution in [-0.2, 0) is 6.42 Å². The third-order valence-electron chi connectivity index (χ3n) is 3.58. The normalized spacial score (nSPS) is 10.8. The maximum atomic E-state index is 6.43. The molecule has 2 aromatic rings. The molecule has 0 aliphatic carbocycles. The second kappa shape index (κ2) is 8.73. The lowest BCUT2D eigenvalue weighted by molar-refractivity contribution is 0.671. The zero-order chi connectivity index (χ0) is 15.1. The van der Waals surface area contributed by atoms with Gasteiger partial charge in [-0.2, -0.15) is 12.6 Å². The van der Waals surface area contributed by atoms with Crippen molar-refractivity contribution in [2.75, 3.05) is 5.75 Å². The van der Waals surface area contributed by atoms with Crippen molar-refractivity contribution in [2.24, 2.45) is 0 Å². The first-order valence-electron chi connectivity index (χ1n) is 7.36. The van der Waals surface area contributed by atoms with Gasteiger partial charge in [-0.1, -0.05) is 66.4 Å². The average Bonchev–Trinajstić information content (AvgIpc) is 2.49. The van der Waals surface area contributed by atoms with Crippen LogP contribution in [0, 0.1) is 0 Å². The standard InChI is InChI=1S/C18H20Cl2S/c19-15-12-17(14-8-4-3-5-9-14)16(18(20)13-15)10-6-1-2-7-11-21/h3-5,8-9,12-13,21H,1-2,6-7,10-11H2. The molecule has 0 amide bonds. The zero-order valence-corrected chi connectivity index (χ0v) is 14.4. The lowest BCUT2D eigenvalue weighted by Crippen LogP contribution is -1.93. The van der Waals surface area contributed by atoms with Crippen LogP contribution in [0.25, 0.3) is 11.1 Å². The fraction of sp³-hybridized carbons (Fsp3) is 0.333. The summed E-state index contributed by atoms with van der Waals surface area (Å²) in [7, 11) is 0. The van der Waals surface area contributed by atoms with Crippen molar-refractivity contribution >= 4 is 35.8 Å². The summed E-state index contributed by atoms with van der Waals surface area (Å²) < 4.78 is 0. The molecule has 2 rings (SSSR count). The summed E-state index contributed by atoms with van der Waals surface area (Å²) in [6.45, 7) is 0. The Kier molecular flexibility index (Phi) is 6.95. The highest BCUT2D eigenvalue weighted by Crippen LogP contribution is 2.33. The van der Waals surface area contributed by atoms with Gasteiger partial charge in [-0.25, -0.2) is 0 Å². The van der Waals surface area contributed by atoms with Crippen LogP contribution in [-0.4, -0.2) is 5.75 Å². The maximum absolute atomic E-state index is 6.43. The van der Waals surface area contributed by atoms with Crippen molar-refractivity contribution in [3.63, 3.8) is 0 Å². The summed E-state index contributed by atoms with van der Waals surface area (Å²) in [5.41, 5.74) is 3.53. The van der Waals surface area contributed by atoms with Crippen molar-refractivity contribution in [3.8, 4) is 11.1 Å². The van der Waals surface area contributed by atoms with Gasteiger partial charge in [-0.05, 0) is 53.8 Å². The van der Waals surface area contributed by atoms with E-state index in [0.29, 0.717) is 5.02 Å². The van der Waals surface area contributed by atoms with E-state index >= 15 is 0 Å². The topological polar surface area (TPSA) is 0 Å². The molecule has 0 aliphatic heterocycles. The average molecular weight is 339 g/mol. The predicted octanol–water partition coefficient (Wildman–Crippen LogP) is 6.69. The smallest absolute Gasteiger partial charge is 0.0458 e. The Hall–Kier alpha value is -0.630. The number of thiol groups is 1. The van der Waals surface area contributed by atoms with Crippen molar-refractivity contribution < 1.29 is 0 Å². The highest BCUT2D eigenvalue weighted by molar-refractivity contribution is 7.80. The fourth-order valence-corrected chi connectivity index (χ4v) is 3.31. The van der Waals surface area contributed by atoms with Gasteiger partial charge in [0.15, 0.2) is 0 Å². The van der Waals surface area contributed by atoms with E-state index in [1.807, 2.05) is 30.3 Å². The van der Waals surface area contributed by atoms with Gasteiger partial charge in [0.1, 0.15) is 0 Å². The van der Waals surface area contributed by atoms with Gasteiger partial charge in [0.05, 0.1) is 0 Å². The largest absolute Gasteiger partial charge is 0.179 e. The Morgan fingerprint density at radius 3 is 2.29 bits per heavy atom. The van der Waals surface area contributed by atoms with Gasteiger partial charge < -0.3 is 0 Å². The van der Waals surface area contributed by atoms with Crippen LogP contribution in [0.2, 0.25) is 10.0 Å². The highest BCUT2D eigenvalue weighted by Gasteiger charge is 2.10. The summed E-state index contributed by atoms with van der Waals surface area (Å²) in [6, 6.07) is 14.2. The second-order valence-electron chi connectivity index (χ2n) is 5.17. The van der Waals surface area contributed by atoms with Crippen LogP contribution in [0.1, 0.15) is 31.2 Å². The van der Waals surface area contributed by atoms with E-state index < -0.39 is 0 Å². The zero-order valence-electron chi connectivity index (χ0n) is 12.0. The van der Waals surface area contributed by atoms with Gasteiger partial charge in [-0.15, -0.1) is 0 Å². The number of rotatable bonds is 7. The molecule has 21 heavy (non-hydrogen) atoms. The Bertz CT molecular complexity index is 567. The summed E-state index contributed by atoms with van der Waals surface area (Å²) in [4.78, 5) is 0. The molecule has 3 heteroatoms. The van der Waals surface area contributed by atoms with Gasteiger partial charge in [0, 0.05) is 10.0 Å². The molecule has 0 atom stereocenters. The van der Waals surface area contributed by atoms with E-state index in [0.717, 1.165) is 29.2 Å². The quantitative estimate of drug-likeness (QED) is 0.421. The minimum absolute atomic E-state index is 0.692. The molecule has 0 saturated heterocycles. The Morgan fingerprint density at radius 1 is 0.857 bits per heavy atom. The van der Waals surface area contributed by atoms with Crippen molar-refractivity contribution in [1.29, 1.82) is 0 Å². The molecule has 0 unspecified atom stereocenters. The second-order valence-corrected chi connectivity index (χ2v) is 6.46. The van der Waals surface area contributed by atoms with E-state index in [1.54, 1.807) is 0 Å². The molecule has 0 aliphatic rings. The number of hydrogen-bond donors (Lipinski definition) is 1. The van der Waals surface area contributed by atoms with E-state index in [4.69, 9.17) is 23.2 Å². The first-order valence-corrected chi connectivity index (χ1v) is 8.75. The molecule has 0 bridgehead atoms. The first kappa shape index (κ1) is 16.7. The lowest BCUT2D eigenvalue weighted by Gasteiger charge is -2.13. The Labute approximate surface area is 142 Å². The molecule has 0 radical (unpaired) electrons. The molecular weight excluding hydrogens is 319 g/mol. The monoisotopic (exact) mass is 338 g/mol. The Morgan fingerprint density at radius 2 is 1.57 bits per heavy atom. The molecular formula is C18H20Cl2S. The number of benzene rings is 2. The van der Waals surface area contributed by atoms with Crippen molar-refractivity contribution in [3.05, 3.63) is 58.1 Å². The molecule has 0 aromatic heterocycles. The van der Waals surface area contributed by atoms with Crippen LogP contribution in [0.3, 0.4) is 0 Å². The highest BCUT2D eigenvalue weighted by atomic mass is 35.5. The van der Waals surface area contributed by atoms with Crippen LogP contribution < -0.4 is 0 Å². The van der Waals surface area contributed by atoms with Crippen molar-refractivity contribution in [1.82, 2.24) is 0 Å². The fourth-order valence-electron chi connectivity index (χ4n) is 2.50. The van der Waals surface area contributed by atoms with Gasteiger partial charge in [-0.3, -0.25) is 0 Å². The maximum Gasteiger partial charge on any atom is 0.0458 e. The Balaban J connectivity index is 2.19. The summed E-state index contributed by atoms with van der Waals surface area (Å²) in [5.74, 6) is 0.969. The predicted molar refractivity (Wildman–Crippen MR) is 97.9 cm³/mol. The van der Waals surface area contributed by atoms with E-state index in [-0.39, 0.29) is 0 Å². The summed E-state index contributed by atoms with van der Waals surface area (Å²) >= 11 is 16.9. The minimum atomic E-state index is 0.692. The number of halogens is 2. The molecule has 0 saturated carbocycles. The lowest BCUT2D eigenvalue weighted by atomic mass is 9.95. The minimum Gasteiger partial charge on any atom is -0.179 e. The molecule has 112 valence electrons. The summed E-state index contributed by atoms with van der Waals surface area (Å²) in [5, 5.41) is 1.47. The van der Waals surface area contributed by atoms with E-state index in [9.17, 15) is 0 Å². The van der Waals surface area contributed by atoms with Crippen LogP contribution in [0.15, 0.2) is 42.5 Å². The number of unbranched alkanes of at least 4 members (excludes halogenated alkanes) is 3. The molecule has 0 heterocycles. The van der Waals surface area contributed by atoms with Crippen LogP contribution in [0.5, 0.6) is 0 Å². The molecule has 0 nitrogen and oxygen atoms in total. The van der Waals surface area contributed by atoms with Crippen LogP contribution in [0.4, 0.5) is 0 Å². The van der Waals surface area contributed by atoms with Gasteiger partial charge >= 0.3 is 0 Å². The summed E-state index contributed by atoms with van der Waals surface area (Å²) in [6.07, 6.45) is 5.77. The number of hydrogen-bond acceptors (Lipinski definition) is 1. The third-order valence-corrected chi connectivity index (χ3v) is 4.45. The van der Waals surface area contributed by atoms with Gasteiger partial charge in [0.2, 0.25) is 0 Å². The van der Waals surface area contributed by atoms with E-state index in [2.05, 4.69) is 24.8 Å². The third kappa shape index (κ3) is 4.95. The van der Waals surface area contributed by atoms with Crippen molar-refractivity contribution in [2.45, 2.75) is 32.1 Å². The van der Waals surface area contributed by atoms with E-state index in [1.165, 1.54) is 30.4 Å². The first-order chi connectivity index (χ1) is 10.2. The molecule has 2 aromatic carbocycles.